The molecule has 4 aromatic rings. The van der Waals surface area contributed by atoms with Crippen LogP contribution in [0.3, 0.4) is 0 Å². The summed E-state index contributed by atoms with van der Waals surface area (Å²) < 4.78 is 15.4. The highest BCUT2D eigenvalue weighted by molar-refractivity contribution is 8.18. The second-order valence-electron chi connectivity index (χ2n) is 8.05. The van der Waals surface area contributed by atoms with Gasteiger partial charge in [0.2, 0.25) is 0 Å². The van der Waals surface area contributed by atoms with Crippen molar-refractivity contribution >= 4 is 39.9 Å². The number of aromatic nitrogens is 1. The molecule has 2 heterocycles. The van der Waals surface area contributed by atoms with E-state index < -0.39 is 0 Å². The van der Waals surface area contributed by atoms with Crippen LogP contribution in [0, 0.1) is 12.7 Å². The maximum absolute atomic E-state index is 13.3. The van der Waals surface area contributed by atoms with Crippen LogP contribution < -0.4 is 0 Å². The highest BCUT2D eigenvalue weighted by Crippen LogP contribution is 2.35. The number of carbonyl (C=O) groups is 2. The maximum atomic E-state index is 13.3. The predicted molar refractivity (Wildman–Crippen MR) is 130 cm³/mol. The molecule has 0 radical (unpaired) electrons. The van der Waals surface area contributed by atoms with Gasteiger partial charge in [-0.2, -0.15) is 0 Å². The van der Waals surface area contributed by atoms with Crippen LogP contribution in [0.5, 0.6) is 0 Å². The first-order valence-corrected chi connectivity index (χ1v) is 11.4. The van der Waals surface area contributed by atoms with Crippen molar-refractivity contribution in [3.63, 3.8) is 0 Å². The highest BCUT2D eigenvalue weighted by atomic mass is 32.2. The number of nitrogens with zero attached hydrogens (tertiary/aromatic N) is 2. The Hall–Kier alpha value is -3.64. The zero-order chi connectivity index (χ0) is 22.9. The second-order valence-corrected chi connectivity index (χ2v) is 9.04. The summed E-state index contributed by atoms with van der Waals surface area (Å²) >= 11 is 0.973. The van der Waals surface area contributed by atoms with E-state index in [1.807, 2.05) is 61.7 Å². The van der Waals surface area contributed by atoms with Crippen molar-refractivity contribution in [1.82, 2.24) is 9.47 Å². The Morgan fingerprint density at radius 2 is 1.64 bits per heavy atom. The molecule has 2 amide bonds. The summed E-state index contributed by atoms with van der Waals surface area (Å²) in [4.78, 5) is 27.4. The number of rotatable bonds is 5. The van der Waals surface area contributed by atoms with Crippen LogP contribution in [0.25, 0.3) is 17.0 Å². The molecule has 1 fully saturated rings. The number of halogens is 1. The molecule has 1 saturated heterocycles. The van der Waals surface area contributed by atoms with Crippen molar-refractivity contribution in [3.8, 4) is 0 Å². The van der Waals surface area contributed by atoms with Crippen LogP contribution in [0.15, 0.2) is 83.9 Å². The number of amides is 2. The molecule has 164 valence electrons. The Balaban J connectivity index is 1.46. The quantitative estimate of drug-likeness (QED) is 0.328. The summed E-state index contributed by atoms with van der Waals surface area (Å²) in [5.41, 5.74) is 4.85. The van der Waals surface area contributed by atoms with Crippen LogP contribution in [0.2, 0.25) is 0 Å². The molecule has 4 nitrogen and oxygen atoms in total. The number of aryl methyl sites for hydroxylation is 1. The number of hydrogen-bond acceptors (Lipinski definition) is 3. The summed E-state index contributed by atoms with van der Waals surface area (Å²) in [6.07, 6.45) is 3.77. The van der Waals surface area contributed by atoms with E-state index in [9.17, 15) is 14.0 Å². The monoisotopic (exact) mass is 456 g/mol. The van der Waals surface area contributed by atoms with E-state index in [0.717, 1.165) is 44.9 Å². The first-order chi connectivity index (χ1) is 16.0. The van der Waals surface area contributed by atoms with E-state index in [2.05, 4.69) is 4.57 Å². The van der Waals surface area contributed by atoms with Crippen LogP contribution >= 0.6 is 11.8 Å². The van der Waals surface area contributed by atoms with E-state index in [4.69, 9.17) is 0 Å². The molecular formula is C27H21FN2O2S. The molecule has 5 rings (SSSR count). The number of hydrogen-bond donors (Lipinski definition) is 0. The summed E-state index contributed by atoms with van der Waals surface area (Å²) in [6, 6.07) is 22.1. The maximum Gasteiger partial charge on any atom is 0.293 e. The van der Waals surface area contributed by atoms with E-state index in [1.54, 1.807) is 18.2 Å². The van der Waals surface area contributed by atoms with Crippen LogP contribution in [-0.4, -0.2) is 20.6 Å². The summed E-state index contributed by atoms with van der Waals surface area (Å²) in [5.74, 6) is -0.540. The molecule has 0 atom stereocenters. The molecule has 0 N–H and O–H groups in total. The topological polar surface area (TPSA) is 42.3 Å². The van der Waals surface area contributed by atoms with Gasteiger partial charge in [0.25, 0.3) is 11.1 Å². The molecular weight excluding hydrogens is 435 g/mol. The number of benzene rings is 3. The van der Waals surface area contributed by atoms with Gasteiger partial charge in [0.05, 0.1) is 11.4 Å². The molecule has 1 aromatic heterocycles. The van der Waals surface area contributed by atoms with Gasteiger partial charge in [-0.15, -0.1) is 0 Å². The fourth-order valence-electron chi connectivity index (χ4n) is 4.04. The smallest absolute Gasteiger partial charge is 0.293 e. The minimum Gasteiger partial charge on any atom is -0.342 e. The zero-order valence-corrected chi connectivity index (χ0v) is 18.8. The van der Waals surface area contributed by atoms with Crippen molar-refractivity contribution in [3.05, 3.63) is 112 Å². The summed E-state index contributed by atoms with van der Waals surface area (Å²) in [7, 11) is 0. The minimum absolute atomic E-state index is 0.260. The number of carbonyl (C=O) groups excluding carboxylic acids is 2. The van der Waals surface area contributed by atoms with Crippen molar-refractivity contribution in [1.29, 1.82) is 0 Å². The standard InChI is InChI=1S/C27H21FN2O2S/c1-18-6-2-3-7-20(18)17-30-26(31)25(33-27(30)32)14-21-16-29(24-9-5-4-8-23(21)24)15-19-10-12-22(28)13-11-19/h2-14,16H,15,17H2,1H3/b25-14-. The molecule has 1 aliphatic rings. The van der Waals surface area contributed by atoms with E-state index in [-0.39, 0.29) is 23.5 Å². The Kier molecular flexibility index (Phi) is 5.60. The Morgan fingerprint density at radius 3 is 2.42 bits per heavy atom. The minimum atomic E-state index is -0.274. The van der Waals surface area contributed by atoms with Gasteiger partial charge in [-0.3, -0.25) is 14.5 Å². The molecule has 0 saturated carbocycles. The van der Waals surface area contributed by atoms with Crippen LogP contribution in [0.4, 0.5) is 9.18 Å². The van der Waals surface area contributed by atoms with Gasteiger partial charge in [0, 0.05) is 29.2 Å². The lowest BCUT2D eigenvalue weighted by molar-refractivity contribution is -0.123. The molecule has 1 aliphatic heterocycles. The van der Waals surface area contributed by atoms with Gasteiger partial charge in [0.15, 0.2) is 0 Å². The van der Waals surface area contributed by atoms with Crippen molar-refractivity contribution in [2.75, 3.05) is 0 Å². The average Bonchev–Trinajstić information content (AvgIpc) is 3.29. The van der Waals surface area contributed by atoms with Gasteiger partial charge in [-0.25, -0.2) is 4.39 Å². The van der Waals surface area contributed by atoms with Gasteiger partial charge < -0.3 is 4.57 Å². The Labute approximate surface area is 195 Å². The van der Waals surface area contributed by atoms with Crippen molar-refractivity contribution in [2.45, 2.75) is 20.0 Å². The largest absolute Gasteiger partial charge is 0.342 e. The van der Waals surface area contributed by atoms with Gasteiger partial charge in [-0.05, 0) is 59.7 Å². The lowest BCUT2D eigenvalue weighted by Crippen LogP contribution is -2.27. The van der Waals surface area contributed by atoms with E-state index in [1.165, 1.54) is 17.0 Å². The molecule has 3 aromatic carbocycles. The molecule has 0 unspecified atom stereocenters. The third-order valence-electron chi connectivity index (χ3n) is 5.84. The number of imide groups is 1. The van der Waals surface area contributed by atoms with Gasteiger partial charge in [0.1, 0.15) is 5.82 Å². The third kappa shape index (κ3) is 4.22. The zero-order valence-electron chi connectivity index (χ0n) is 18.0. The third-order valence-corrected chi connectivity index (χ3v) is 6.74. The molecule has 0 aliphatic carbocycles. The normalized spacial score (nSPS) is 15.2. The predicted octanol–water partition coefficient (Wildman–Crippen LogP) is 6.37. The van der Waals surface area contributed by atoms with Crippen LogP contribution in [0.1, 0.15) is 22.3 Å². The van der Waals surface area contributed by atoms with Crippen molar-refractivity contribution < 1.29 is 14.0 Å². The lowest BCUT2D eigenvalue weighted by Gasteiger charge is -2.14. The number of fused-ring (bicyclic) bond motifs is 1. The van der Waals surface area contributed by atoms with E-state index >= 15 is 0 Å². The Morgan fingerprint density at radius 1 is 0.909 bits per heavy atom. The first kappa shape index (κ1) is 21.2. The number of thioether (sulfide) groups is 1. The summed E-state index contributed by atoms with van der Waals surface area (Å²) in [5, 5.41) is 0.731. The molecule has 33 heavy (non-hydrogen) atoms. The summed E-state index contributed by atoms with van der Waals surface area (Å²) in [6.45, 7) is 2.81. The average molecular weight is 457 g/mol. The SMILES string of the molecule is Cc1ccccc1CN1C(=O)S/C(=C\c2cn(Cc3ccc(F)cc3)c3ccccc23)C1=O. The first-order valence-electron chi connectivity index (χ1n) is 10.6. The van der Waals surface area contributed by atoms with Crippen molar-refractivity contribution in [2.24, 2.45) is 0 Å². The van der Waals surface area contributed by atoms with E-state index in [0.29, 0.717) is 11.4 Å². The molecule has 0 bridgehead atoms. The lowest BCUT2D eigenvalue weighted by atomic mass is 10.1. The highest BCUT2D eigenvalue weighted by Gasteiger charge is 2.35. The number of para-hydroxylation sites is 1. The Bertz CT molecular complexity index is 1410. The van der Waals surface area contributed by atoms with Gasteiger partial charge >= 0.3 is 0 Å². The fraction of sp³-hybridized carbons (Fsp3) is 0.111. The fourth-order valence-corrected chi connectivity index (χ4v) is 4.87. The van der Waals surface area contributed by atoms with Crippen LogP contribution in [-0.2, 0) is 17.9 Å². The van der Waals surface area contributed by atoms with Gasteiger partial charge in [-0.1, -0.05) is 54.6 Å². The molecule has 0 spiro atoms. The second kappa shape index (κ2) is 8.71. The molecule has 6 heteroatoms.